The van der Waals surface area contributed by atoms with Gasteiger partial charge in [0.1, 0.15) is 5.60 Å². The molecule has 124 valence electrons. The van der Waals surface area contributed by atoms with E-state index in [0.29, 0.717) is 29.5 Å². The van der Waals surface area contributed by atoms with E-state index in [9.17, 15) is 9.90 Å². The van der Waals surface area contributed by atoms with Crippen LogP contribution in [-0.4, -0.2) is 16.5 Å². The summed E-state index contributed by atoms with van der Waals surface area (Å²) in [6.45, 7) is 2.22. The van der Waals surface area contributed by atoms with Gasteiger partial charge in [-0.05, 0) is 81.1 Å². The molecule has 23 heavy (non-hydrogen) atoms. The van der Waals surface area contributed by atoms with Crippen molar-refractivity contribution in [2.45, 2.75) is 70.3 Å². The second-order valence-electron chi connectivity index (χ2n) is 8.40. The van der Waals surface area contributed by atoms with Gasteiger partial charge < -0.3 is 5.11 Å². The predicted octanol–water partition coefficient (Wildman–Crippen LogP) is 3.88. The summed E-state index contributed by atoms with van der Waals surface area (Å²) < 4.78 is 0. The van der Waals surface area contributed by atoms with E-state index >= 15 is 0 Å². The number of ketones is 1. The molecule has 0 bridgehead atoms. The zero-order valence-corrected chi connectivity index (χ0v) is 14.2. The van der Waals surface area contributed by atoms with Crippen molar-refractivity contribution in [3.8, 4) is 12.3 Å². The summed E-state index contributed by atoms with van der Waals surface area (Å²) in [4.78, 5) is 11.8. The Morgan fingerprint density at radius 2 is 2.04 bits per heavy atom. The van der Waals surface area contributed by atoms with Crippen LogP contribution in [0.15, 0.2) is 11.6 Å². The highest BCUT2D eigenvalue weighted by molar-refractivity contribution is 5.91. The van der Waals surface area contributed by atoms with Crippen LogP contribution in [0.2, 0.25) is 0 Å². The Balaban J connectivity index is 1.67. The van der Waals surface area contributed by atoms with Crippen LogP contribution in [0.3, 0.4) is 0 Å². The second-order valence-corrected chi connectivity index (χ2v) is 8.40. The molecule has 3 fully saturated rings. The number of hydrogen-bond donors (Lipinski definition) is 1. The van der Waals surface area contributed by atoms with Gasteiger partial charge in [-0.2, -0.15) is 0 Å². The highest BCUT2D eigenvalue weighted by Crippen LogP contribution is 2.66. The Kier molecular flexibility index (Phi) is 3.50. The number of terminal acetylenes is 1. The van der Waals surface area contributed by atoms with Crippen molar-refractivity contribution >= 4 is 5.78 Å². The number of hydrogen-bond acceptors (Lipinski definition) is 2. The zero-order valence-electron chi connectivity index (χ0n) is 14.2. The fourth-order valence-electron chi connectivity index (χ4n) is 6.96. The molecule has 0 heterocycles. The molecule has 4 aliphatic carbocycles. The second kappa shape index (κ2) is 5.21. The third kappa shape index (κ3) is 1.96. The fraction of sp³-hybridized carbons (Fsp3) is 0.762. The van der Waals surface area contributed by atoms with Crippen molar-refractivity contribution in [2.75, 3.05) is 0 Å². The lowest BCUT2D eigenvalue weighted by atomic mass is 9.49. The average molecular weight is 312 g/mol. The molecule has 0 saturated heterocycles. The van der Waals surface area contributed by atoms with E-state index in [-0.39, 0.29) is 5.41 Å². The van der Waals surface area contributed by atoms with Gasteiger partial charge in [0.25, 0.3) is 0 Å². The van der Waals surface area contributed by atoms with Gasteiger partial charge in [0.05, 0.1) is 0 Å². The Hall–Kier alpha value is -1.07. The summed E-state index contributed by atoms with van der Waals surface area (Å²) in [6, 6.07) is 0. The van der Waals surface area contributed by atoms with Crippen molar-refractivity contribution in [2.24, 2.45) is 29.1 Å². The smallest absolute Gasteiger partial charge is 0.155 e. The van der Waals surface area contributed by atoms with Crippen molar-refractivity contribution in [1.29, 1.82) is 0 Å². The first-order valence-corrected chi connectivity index (χ1v) is 9.48. The van der Waals surface area contributed by atoms with E-state index in [4.69, 9.17) is 6.42 Å². The summed E-state index contributed by atoms with van der Waals surface area (Å²) in [5.74, 6) is 5.73. The molecule has 4 aliphatic rings. The maximum absolute atomic E-state index is 11.8. The molecule has 0 amide bonds. The van der Waals surface area contributed by atoms with Gasteiger partial charge in [-0.3, -0.25) is 4.79 Å². The molecule has 0 aromatic rings. The van der Waals surface area contributed by atoms with E-state index in [1.165, 1.54) is 18.4 Å². The first-order valence-electron chi connectivity index (χ1n) is 9.48. The normalized spacial score (nSPS) is 48.7. The standard InChI is InChI=1S/C21H28O2/c1-3-20-11-9-17-16-8-6-15(22)13-14(16)5-7-18(17)19(20)10-12-21(20,23)4-2/h2,13,16-19,23H,3,5-12H2,1H3/t16-,17-,18+,19-,20+,21-/m0/s1. The lowest BCUT2D eigenvalue weighted by Gasteiger charge is -2.55. The third-order valence-corrected chi connectivity index (χ3v) is 8.02. The summed E-state index contributed by atoms with van der Waals surface area (Å²) in [5, 5.41) is 11.1. The Bertz CT molecular complexity index is 597. The largest absolute Gasteiger partial charge is 0.377 e. The number of aliphatic hydroxyl groups is 1. The molecule has 0 aliphatic heterocycles. The van der Waals surface area contributed by atoms with Gasteiger partial charge in [-0.1, -0.05) is 18.4 Å². The van der Waals surface area contributed by atoms with Gasteiger partial charge in [-0.15, -0.1) is 6.42 Å². The highest BCUT2D eigenvalue weighted by atomic mass is 16.3. The molecule has 1 N–H and O–H groups in total. The minimum Gasteiger partial charge on any atom is -0.377 e. The fourth-order valence-corrected chi connectivity index (χ4v) is 6.96. The van der Waals surface area contributed by atoms with Gasteiger partial charge in [0, 0.05) is 11.8 Å². The van der Waals surface area contributed by atoms with Crippen LogP contribution in [0.25, 0.3) is 0 Å². The maximum Gasteiger partial charge on any atom is 0.155 e. The molecule has 0 aromatic carbocycles. The summed E-state index contributed by atoms with van der Waals surface area (Å²) in [5.41, 5.74) is 0.474. The van der Waals surface area contributed by atoms with E-state index < -0.39 is 5.60 Å². The summed E-state index contributed by atoms with van der Waals surface area (Å²) in [7, 11) is 0. The van der Waals surface area contributed by atoms with Crippen molar-refractivity contribution < 1.29 is 9.90 Å². The van der Waals surface area contributed by atoms with E-state index in [1.54, 1.807) is 0 Å². The van der Waals surface area contributed by atoms with E-state index in [2.05, 4.69) is 12.8 Å². The van der Waals surface area contributed by atoms with E-state index in [0.717, 1.165) is 44.9 Å². The molecule has 4 rings (SSSR count). The molecule has 0 radical (unpaired) electrons. The van der Waals surface area contributed by atoms with Crippen LogP contribution in [0.4, 0.5) is 0 Å². The van der Waals surface area contributed by atoms with Crippen LogP contribution in [0, 0.1) is 41.4 Å². The molecule has 0 unspecified atom stereocenters. The van der Waals surface area contributed by atoms with Crippen LogP contribution in [0.1, 0.15) is 64.7 Å². The van der Waals surface area contributed by atoms with Gasteiger partial charge in [0.15, 0.2) is 5.78 Å². The molecular formula is C21H28O2. The Morgan fingerprint density at radius 1 is 1.22 bits per heavy atom. The van der Waals surface area contributed by atoms with Gasteiger partial charge >= 0.3 is 0 Å². The number of allylic oxidation sites excluding steroid dienone is 1. The SMILES string of the molecule is C#C[C@]1(O)CC[C@H]2[C@@H]3CCC4=CC(=O)CC[C@@H]4[C@@H]3CC[C@]21CC. The molecule has 2 heteroatoms. The van der Waals surface area contributed by atoms with Gasteiger partial charge in [0.2, 0.25) is 0 Å². The predicted molar refractivity (Wildman–Crippen MR) is 90.5 cm³/mol. The topological polar surface area (TPSA) is 37.3 Å². The van der Waals surface area contributed by atoms with Crippen LogP contribution < -0.4 is 0 Å². The Labute approximate surface area is 139 Å². The third-order valence-electron chi connectivity index (χ3n) is 8.02. The summed E-state index contributed by atoms with van der Waals surface area (Å²) in [6.07, 6.45) is 16.9. The maximum atomic E-state index is 11.8. The quantitative estimate of drug-likeness (QED) is 0.746. The molecule has 0 spiro atoms. The van der Waals surface area contributed by atoms with Crippen molar-refractivity contribution in [3.05, 3.63) is 11.6 Å². The van der Waals surface area contributed by atoms with Gasteiger partial charge in [-0.25, -0.2) is 0 Å². The molecular weight excluding hydrogens is 284 g/mol. The lowest BCUT2D eigenvalue weighted by molar-refractivity contribution is -0.117. The Morgan fingerprint density at radius 3 is 2.78 bits per heavy atom. The number of carbonyl (C=O) groups excluding carboxylic acids is 1. The first-order chi connectivity index (χ1) is 11.0. The molecule has 0 aromatic heterocycles. The number of carbonyl (C=O) groups is 1. The monoisotopic (exact) mass is 312 g/mol. The summed E-state index contributed by atoms with van der Waals surface area (Å²) >= 11 is 0. The minimum absolute atomic E-state index is 0.0609. The van der Waals surface area contributed by atoms with Crippen molar-refractivity contribution in [1.82, 2.24) is 0 Å². The molecule has 2 nitrogen and oxygen atoms in total. The number of fused-ring (bicyclic) bond motifs is 5. The van der Waals surface area contributed by atoms with Crippen molar-refractivity contribution in [3.63, 3.8) is 0 Å². The highest BCUT2D eigenvalue weighted by Gasteiger charge is 2.63. The van der Waals surface area contributed by atoms with Crippen LogP contribution >= 0.6 is 0 Å². The molecule has 6 atom stereocenters. The lowest BCUT2D eigenvalue weighted by Crippen LogP contribution is -2.53. The van der Waals surface area contributed by atoms with Crippen LogP contribution in [0.5, 0.6) is 0 Å². The zero-order chi connectivity index (χ0) is 16.2. The van der Waals surface area contributed by atoms with E-state index in [1.807, 2.05) is 6.08 Å². The number of rotatable bonds is 1. The first kappa shape index (κ1) is 15.5. The minimum atomic E-state index is -0.893. The molecule has 3 saturated carbocycles. The average Bonchev–Trinajstić information content (AvgIpc) is 2.88. The van der Waals surface area contributed by atoms with Crippen LogP contribution in [-0.2, 0) is 4.79 Å².